The van der Waals surface area contributed by atoms with E-state index in [1.165, 1.54) is 53.1 Å². The van der Waals surface area contributed by atoms with Gasteiger partial charge < -0.3 is 4.90 Å². The Kier molecular flexibility index (Phi) is 8.31. The quantitative estimate of drug-likeness (QED) is 0.136. The summed E-state index contributed by atoms with van der Waals surface area (Å²) >= 11 is 3.70. The zero-order chi connectivity index (χ0) is 28.0. The van der Waals surface area contributed by atoms with Crippen molar-refractivity contribution in [3.8, 4) is 0 Å². The molecule has 0 atom stereocenters. The summed E-state index contributed by atoms with van der Waals surface area (Å²) in [5, 5.41) is 2.53. The lowest BCUT2D eigenvalue weighted by Crippen LogP contribution is -2.33. The molecule has 0 amide bonds. The minimum Gasteiger partial charge on any atom is -0.335 e. The summed E-state index contributed by atoms with van der Waals surface area (Å²) in [6, 6.07) is 34.4. The molecule has 202 valence electrons. The van der Waals surface area contributed by atoms with Gasteiger partial charge in [-0.2, -0.15) is 4.57 Å². The van der Waals surface area contributed by atoms with E-state index in [1.54, 1.807) is 0 Å². The molecule has 0 bridgehead atoms. The van der Waals surface area contributed by atoms with Crippen LogP contribution in [0.2, 0.25) is 0 Å². The molecule has 0 saturated heterocycles. The highest BCUT2D eigenvalue weighted by Crippen LogP contribution is 2.46. The number of nitrogens with zero attached hydrogens (tertiary/aromatic N) is 2. The highest BCUT2D eigenvalue weighted by molar-refractivity contribution is 8.03. The van der Waals surface area contributed by atoms with Crippen molar-refractivity contribution in [2.45, 2.75) is 25.3 Å². The van der Waals surface area contributed by atoms with Gasteiger partial charge >= 0.3 is 0 Å². The number of anilines is 1. The van der Waals surface area contributed by atoms with Crippen molar-refractivity contribution in [3.05, 3.63) is 142 Å². The standard InChI is InChI=1S/C37H33N2S2/c1-3-38-32-26-30(20-18-28-12-7-5-8-13-28)22-24-34(32)40-36(38)16-11-17-37-39(4-2)33-27-31(23-25-35(33)41-37)21-19-29-14-9-6-10-15-29/h5-27H,3-4H2,1-2H3/q+1/b20-18+,21-19+. The van der Waals surface area contributed by atoms with Gasteiger partial charge in [0.1, 0.15) is 11.2 Å². The molecule has 0 unspecified atom stereocenters. The van der Waals surface area contributed by atoms with Crippen molar-refractivity contribution in [3.63, 3.8) is 0 Å². The smallest absolute Gasteiger partial charge is 0.262 e. The minimum absolute atomic E-state index is 0.933. The van der Waals surface area contributed by atoms with Gasteiger partial charge in [0, 0.05) is 23.6 Å². The molecule has 41 heavy (non-hydrogen) atoms. The average Bonchev–Trinajstić information content (AvgIpc) is 3.56. The van der Waals surface area contributed by atoms with Crippen LogP contribution >= 0.6 is 23.1 Å². The van der Waals surface area contributed by atoms with Crippen molar-refractivity contribution >= 4 is 69.4 Å². The van der Waals surface area contributed by atoms with Gasteiger partial charge in [0.05, 0.1) is 10.7 Å². The number of aromatic nitrogens is 1. The summed E-state index contributed by atoms with van der Waals surface area (Å²) in [7, 11) is 0. The molecule has 4 aromatic carbocycles. The lowest BCUT2D eigenvalue weighted by Gasteiger charge is -2.18. The summed E-state index contributed by atoms with van der Waals surface area (Å²) in [6.07, 6.45) is 15.5. The molecule has 5 aromatic rings. The number of hydrogen-bond donors (Lipinski definition) is 0. The van der Waals surface area contributed by atoms with Crippen LogP contribution in [0.15, 0.2) is 119 Å². The highest BCUT2D eigenvalue weighted by Gasteiger charge is 2.23. The van der Waals surface area contributed by atoms with Crippen LogP contribution in [-0.2, 0) is 6.54 Å². The highest BCUT2D eigenvalue weighted by atomic mass is 32.2. The molecule has 4 heteroatoms. The summed E-state index contributed by atoms with van der Waals surface area (Å²) in [5.41, 5.74) is 7.44. The Labute approximate surface area is 251 Å². The van der Waals surface area contributed by atoms with Crippen molar-refractivity contribution in [1.29, 1.82) is 0 Å². The summed E-state index contributed by atoms with van der Waals surface area (Å²) in [5.74, 6) is 0. The molecule has 0 saturated carbocycles. The second-order valence-corrected chi connectivity index (χ2v) is 12.0. The second-order valence-electron chi connectivity index (χ2n) is 9.84. The van der Waals surface area contributed by atoms with E-state index in [-0.39, 0.29) is 0 Å². The lowest BCUT2D eigenvalue weighted by atomic mass is 10.1. The van der Waals surface area contributed by atoms with E-state index in [0.29, 0.717) is 0 Å². The third kappa shape index (κ3) is 6.14. The predicted octanol–water partition coefficient (Wildman–Crippen LogP) is 10.0. The van der Waals surface area contributed by atoms with E-state index in [2.05, 4.69) is 163 Å². The third-order valence-corrected chi connectivity index (χ3v) is 9.42. The third-order valence-electron chi connectivity index (χ3n) is 7.15. The van der Waals surface area contributed by atoms with Gasteiger partial charge in [0.2, 0.25) is 5.52 Å². The van der Waals surface area contributed by atoms with Gasteiger partial charge in [-0.05, 0) is 60.4 Å². The first-order chi connectivity index (χ1) is 20.2. The van der Waals surface area contributed by atoms with Crippen LogP contribution in [0.5, 0.6) is 0 Å². The number of aryl methyl sites for hydroxylation is 1. The van der Waals surface area contributed by atoms with E-state index in [0.717, 1.165) is 13.1 Å². The number of benzene rings is 4. The fraction of sp³-hybridized carbons (Fsp3) is 0.108. The number of thiazole rings is 1. The second kappa shape index (κ2) is 12.6. The SMILES string of the molecule is CCN1/C(=C\C=C\c2sc3ccc(/C=C/c4ccccc4)cc3[n+]2CC)Sc2ccc(/C=C/c3ccccc3)cc21. The normalized spacial score (nSPS) is 14.4. The Hall–Kier alpha value is -4.12. The van der Waals surface area contributed by atoms with E-state index >= 15 is 0 Å². The molecule has 2 heterocycles. The van der Waals surface area contributed by atoms with Crippen LogP contribution in [0.3, 0.4) is 0 Å². The molecule has 0 fully saturated rings. The van der Waals surface area contributed by atoms with E-state index in [9.17, 15) is 0 Å². The lowest BCUT2D eigenvalue weighted by molar-refractivity contribution is -0.665. The van der Waals surface area contributed by atoms with E-state index in [1.807, 2.05) is 23.1 Å². The molecular weight excluding hydrogens is 537 g/mol. The van der Waals surface area contributed by atoms with Crippen LogP contribution in [0.25, 0.3) is 40.6 Å². The van der Waals surface area contributed by atoms with Gasteiger partial charge in [-0.3, -0.25) is 0 Å². The molecule has 1 aliphatic heterocycles. The molecule has 6 rings (SSSR count). The fourth-order valence-electron chi connectivity index (χ4n) is 5.07. The summed E-state index contributed by atoms with van der Waals surface area (Å²) < 4.78 is 3.72. The molecule has 0 radical (unpaired) electrons. The maximum atomic E-state index is 2.41. The maximum Gasteiger partial charge on any atom is 0.262 e. The molecule has 2 nitrogen and oxygen atoms in total. The first-order valence-electron chi connectivity index (χ1n) is 14.1. The van der Waals surface area contributed by atoms with Crippen LogP contribution in [0.1, 0.15) is 41.1 Å². The number of thioether (sulfide) groups is 1. The Morgan fingerprint density at radius 1 is 0.683 bits per heavy atom. The van der Waals surface area contributed by atoms with Gasteiger partial charge in [-0.1, -0.05) is 126 Å². The fourth-order valence-corrected chi connectivity index (χ4v) is 7.31. The maximum absolute atomic E-state index is 2.41. The number of rotatable bonds is 8. The van der Waals surface area contributed by atoms with Crippen LogP contribution in [0.4, 0.5) is 5.69 Å². The minimum atomic E-state index is 0.933. The molecule has 1 aromatic heterocycles. The Bertz CT molecular complexity index is 1780. The van der Waals surface area contributed by atoms with Crippen LogP contribution in [-0.4, -0.2) is 6.54 Å². The molecule has 1 aliphatic rings. The molecule has 0 spiro atoms. The van der Waals surface area contributed by atoms with Crippen LogP contribution in [0, 0.1) is 0 Å². The van der Waals surface area contributed by atoms with Gasteiger partial charge in [0.15, 0.2) is 0 Å². The van der Waals surface area contributed by atoms with E-state index < -0.39 is 0 Å². The largest absolute Gasteiger partial charge is 0.335 e. The predicted molar refractivity (Wildman–Crippen MR) is 181 cm³/mol. The monoisotopic (exact) mass is 569 g/mol. The topological polar surface area (TPSA) is 7.12 Å². The Morgan fingerprint density at radius 2 is 1.32 bits per heavy atom. The summed E-state index contributed by atoms with van der Waals surface area (Å²) in [6.45, 7) is 6.31. The summed E-state index contributed by atoms with van der Waals surface area (Å²) in [4.78, 5) is 3.72. The number of hydrogen-bond acceptors (Lipinski definition) is 3. The first-order valence-corrected chi connectivity index (χ1v) is 15.8. The molecular formula is C37H33N2S2+. The number of allylic oxidation sites excluding steroid dienone is 2. The van der Waals surface area contributed by atoms with Crippen molar-refractivity contribution < 1.29 is 4.57 Å². The molecule has 0 N–H and O–H groups in total. The van der Waals surface area contributed by atoms with Gasteiger partial charge in [-0.15, -0.1) is 0 Å². The Morgan fingerprint density at radius 3 is 1.98 bits per heavy atom. The van der Waals surface area contributed by atoms with Gasteiger partial charge in [0.25, 0.3) is 5.01 Å². The number of fused-ring (bicyclic) bond motifs is 2. The zero-order valence-electron chi connectivity index (χ0n) is 23.4. The first kappa shape index (κ1) is 27.1. The van der Waals surface area contributed by atoms with Crippen molar-refractivity contribution in [2.24, 2.45) is 0 Å². The van der Waals surface area contributed by atoms with E-state index in [4.69, 9.17) is 0 Å². The van der Waals surface area contributed by atoms with Crippen molar-refractivity contribution in [1.82, 2.24) is 0 Å². The average molecular weight is 570 g/mol. The Balaban J connectivity index is 1.22. The zero-order valence-corrected chi connectivity index (χ0v) is 25.0. The van der Waals surface area contributed by atoms with Crippen LogP contribution < -0.4 is 9.47 Å². The molecule has 0 aliphatic carbocycles. The van der Waals surface area contributed by atoms with Crippen molar-refractivity contribution in [2.75, 3.05) is 11.4 Å². The van der Waals surface area contributed by atoms with Gasteiger partial charge in [-0.25, -0.2) is 0 Å².